The van der Waals surface area contributed by atoms with Crippen LogP contribution in [0.15, 0.2) is 22.8 Å². The highest BCUT2D eigenvalue weighted by molar-refractivity contribution is 5.02. The Bertz CT molecular complexity index is 246. The first-order chi connectivity index (χ1) is 7.27. The molecule has 2 N–H and O–H groups in total. The summed E-state index contributed by atoms with van der Waals surface area (Å²) in [4.78, 5) is 0. The van der Waals surface area contributed by atoms with Crippen LogP contribution >= 0.6 is 0 Å². The Labute approximate surface area is 91.5 Å². The van der Waals surface area contributed by atoms with Crippen LogP contribution in [0.2, 0.25) is 0 Å². The van der Waals surface area contributed by atoms with E-state index >= 15 is 0 Å². The lowest BCUT2D eigenvalue weighted by atomic mass is 10.1. The van der Waals surface area contributed by atoms with E-state index in [9.17, 15) is 5.11 Å². The molecule has 0 aliphatic rings. The highest BCUT2D eigenvalue weighted by Crippen LogP contribution is 2.12. The van der Waals surface area contributed by atoms with Gasteiger partial charge in [0.25, 0.3) is 0 Å². The monoisotopic (exact) mass is 211 g/mol. The molecule has 0 bridgehead atoms. The van der Waals surface area contributed by atoms with Gasteiger partial charge in [-0.25, -0.2) is 0 Å². The van der Waals surface area contributed by atoms with Crippen LogP contribution in [0.3, 0.4) is 0 Å². The molecule has 1 heterocycles. The smallest absolute Gasteiger partial charge is 0.133 e. The van der Waals surface area contributed by atoms with Crippen LogP contribution < -0.4 is 5.32 Å². The highest BCUT2D eigenvalue weighted by Gasteiger charge is 2.12. The molecule has 0 aliphatic heterocycles. The first-order valence-corrected chi connectivity index (χ1v) is 5.72. The van der Waals surface area contributed by atoms with Gasteiger partial charge in [0.05, 0.1) is 6.26 Å². The maximum absolute atomic E-state index is 9.77. The molecule has 0 aromatic carbocycles. The third kappa shape index (κ3) is 4.06. The van der Waals surface area contributed by atoms with Crippen molar-refractivity contribution in [2.45, 2.75) is 45.3 Å². The molecule has 3 heteroatoms. The molecule has 0 saturated carbocycles. The standard InChI is InChI=1S/C12H21NO2/c1-3-6-10(4-2)13-9-11(14)12-7-5-8-15-12/h5,7-8,10-11,13-14H,3-4,6,9H2,1-2H3. The topological polar surface area (TPSA) is 45.4 Å². The van der Waals surface area contributed by atoms with E-state index in [1.807, 2.05) is 0 Å². The molecule has 0 aliphatic carbocycles. The van der Waals surface area contributed by atoms with Crippen molar-refractivity contribution in [2.75, 3.05) is 6.54 Å². The van der Waals surface area contributed by atoms with Crippen molar-refractivity contribution in [2.24, 2.45) is 0 Å². The van der Waals surface area contributed by atoms with Gasteiger partial charge in [-0.05, 0) is 25.0 Å². The minimum Gasteiger partial charge on any atom is -0.467 e. The van der Waals surface area contributed by atoms with Crippen LogP contribution in [-0.2, 0) is 0 Å². The van der Waals surface area contributed by atoms with Crippen LogP contribution in [0.4, 0.5) is 0 Å². The summed E-state index contributed by atoms with van der Waals surface area (Å²) >= 11 is 0. The molecule has 0 amide bonds. The van der Waals surface area contributed by atoms with Crippen molar-refractivity contribution in [1.29, 1.82) is 0 Å². The fourth-order valence-electron chi connectivity index (χ4n) is 1.66. The van der Waals surface area contributed by atoms with E-state index in [2.05, 4.69) is 19.2 Å². The van der Waals surface area contributed by atoms with Crippen molar-refractivity contribution in [3.8, 4) is 0 Å². The fourth-order valence-corrected chi connectivity index (χ4v) is 1.66. The number of hydrogen-bond acceptors (Lipinski definition) is 3. The van der Waals surface area contributed by atoms with Gasteiger partial charge in [-0.3, -0.25) is 0 Å². The Hall–Kier alpha value is -0.800. The van der Waals surface area contributed by atoms with Crippen LogP contribution in [0, 0.1) is 0 Å². The molecule has 0 radical (unpaired) electrons. The number of aliphatic hydroxyl groups is 1. The van der Waals surface area contributed by atoms with Gasteiger partial charge >= 0.3 is 0 Å². The van der Waals surface area contributed by atoms with E-state index in [-0.39, 0.29) is 0 Å². The van der Waals surface area contributed by atoms with Gasteiger partial charge in [-0.2, -0.15) is 0 Å². The third-order valence-electron chi connectivity index (χ3n) is 2.60. The van der Waals surface area contributed by atoms with Crippen LogP contribution in [-0.4, -0.2) is 17.7 Å². The molecule has 1 rings (SSSR count). The Morgan fingerprint density at radius 1 is 1.47 bits per heavy atom. The average molecular weight is 211 g/mol. The van der Waals surface area contributed by atoms with Crippen molar-refractivity contribution < 1.29 is 9.52 Å². The molecule has 1 aromatic rings. The molecule has 1 aromatic heterocycles. The Morgan fingerprint density at radius 2 is 2.27 bits per heavy atom. The second-order valence-corrected chi connectivity index (χ2v) is 3.83. The maximum Gasteiger partial charge on any atom is 0.133 e. The molecule has 0 fully saturated rings. The molecule has 0 spiro atoms. The van der Waals surface area contributed by atoms with Crippen LogP contribution in [0.1, 0.15) is 45.0 Å². The molecular formula is C12H21NO2. The zero-order valence-electron chi connectivity index (χ0n) is 9.57. The lowest BCUT2D eigenvalue weighted by Crippen LogP contribution is -2.32. The second-order valence-electron chi connectivity index (χ2n) is 3.83. The summed E-state index contributed by atoms with van der Waals surface area (Å²) in [5.41, 5.74) is 0. The molecule has 3 nitrogen and oxygen atoms in total. The van der Waals surface area contributed by atoms with Gasteiger partial charge in [0.15, 0.2) is 0 Å². The van der Waals surface area contributed by atoms with E-state index < -0.39 is 6.10 Å². The Balaban J connectivity index is 2.29. The zero-order valence-corrected chi connectivity index (χ0v) is 9.57. The Morgan fingerprint density at radius 3 is 2.80 bits per heavy atom. The first kappa shape index (κ1) is 12.3. The van der Waals surface area contributed by atoms with E-state index in [1.165, 1.54) is 6.42 Å². The van der Waals surface area contributed by atoms with Crippen LogP contribution in [0.25, 0.3) is 0 Å². The normalized spacial score (nSPS) is 15.1. The van der Waals surface area contributed by atoms with Crippen molar-refractivity contribution in [3.63, 3.8) is 0 Å². The Kier molecular flexibility index (Phi) is 5.43. The summed E-state index contributed by atoms with van der Waals surface area (Å²) < 4.78 is 5.13. The molecular weight excluding hydrogens is 190 g/mol. The minimum absolute atomic E-state index is 0.500. The summed E-state index contributed by atoms with van der Waals surface area (Å²) in [5, 5.41) is 13.1. The quantitative estimate of drug-likeness (QED) is 0.728. The third-order valence-corrected chi connectivity index (χ3v) is 2.60. The van der Waals surface area contributed by atoms with Gasteiger partial charge in [-0.15, -0.1) is 0 Å². The number of furan rings is 1. The van der Waals surface area contributed by atoms with E-state index in [0.29, 0.717) is 18.3 Å². The van der Waals surface area contributed by atoms with E-state index in [1.54, 1.807) is 18.4 Å². The van der Waals surface area contributed by atoms with Gasteiger partial charge < -0.3 is 14.8 Å². The number of hydrogen-bond donors (Lipinski definition) is 2. The molecule has 15 heavy (non-hydrogen) atoms. The molecule has 86 valence electrons. The maximum atomic E-state index is 9.77. The van der Waals surface area contributed by atoms with E-state index in [4.69, 9.17) is 4.42 Å². The van der Waals surface area contributed by atoms with Crippen molar-refractivity contribution >= 4 is 0 Å². The predicted molar refractivity (Wildman–Crippen MR) is 60.7 cm³/mol. The summed E-state index contributed by atoms with van der Waals surface area (Å²) in [6, 6.07) is 4.09. The summed E-state index contributed by atoms with van der Waals surface area (Å²) in [6.07, 6.45) is 4.47. The zero-order chi connectivity index (χ0) is 11.1. The van der Waals surface area contributed by atoms with Crippen molar-refractivity contribution in [3.05, 3.63) is 24.2 Å². The minimum atomic E-state index is -0.536. The number of aliphatic hydroxyl groups excluding tert-OH is 1. The average Bonchev–Trinajstić information content (AvgIpc) is 2.77. The second kappa shape index (κ2) is 6.64. The van der Waals surface area contributed by atoms with E-state index in [0.717, 1.165) is 12.8 Å². The summed E-state index contributed by atoms with van der Waals surface area (Å²) in [7, 11) is 0. The number of rotatable bonds is 7. The highest BCUT2D eigenvalue weighted by atomic mass is 16.4. The van der Waals surface area contributed by atoms with Gasteiger partial charge in [0.1, 0.15) is 11.9 Å². The lowest BCUT2D eigenvalue weighted by molar-refractivity contribution is 0.142. The van der Waals surface area contributed by atoms with Crippen molar-refractivity contribution in [1.82, 2.24) is 5.32 Å². The first-order valence-electron chi connectivity index (χ1n) is 5.72. The largest absolute Gasteiger partial charge is 0.467 e. The summed E-state index contributed by atoms with van der Waals surface area (Å²) in [5.74, 6) is 0.633. The van der Waals surface area contributed by atoms with Gasteiger partial charge in [0.2, 0.25) is 0 Å². The lowest BCUT2D eigenvalue weighted by Gasteiger charge is -2.17. The van der Waals surface area contributed by atoms with Gasteiger partial charge in [-0.1, -0.05) is 20.3 Å². The molecule has 0 saturated heterocycles. The fraction of sp³-hybridized carbons (Fsp3) is 0.667. The summed E-state index contributed by atoms with van der Waals surface area (Å²) in [6.45, 7) is 4.89. The predicted octanol–water partition coefficient (Wildman–Crippen LogP) is 2.48. The van der Waals surface area contributed by atoms with Crippen LogP contribution in [0.5, 0.6) is 0 Å². The molecule has 2 atom stereocenters. The SMILES string of the molecule is CCCC(CC)NCC(O)c1ccco1. The van der Waals surface area contributed by atoms with Gasteiger partial charge in [0, 0.05) is 12.6 Å². The number of nitrogens with one attached hydrogen (secondary N) is 1. The molecule has 2 unspecified atom stereocenters.